The number of likely N-dealkylation sites (tertiary alicyclic amines) is 1. The molecular formula is C16H22N2O3. The number of aliphatic hydroxyl groups is 1. The largest absolute Gasteiger partial charge is 0.393 e. The van der Waals surface area contributed by atoms with Crippen LogP contribution in [0.1, 0.15) is 23.7 Å². The summed E-state index contributed by atoms with van der Waals surface area (Å²) < 4.78 is 0. The molecule has 5 heteroatoms. The van der Waals surface area contributed by atoms with E-state index in [1.165, 1.54) is 0 Å². The predicted molar refractivity (Wildman–Crippen MR) is 80.0 cm³/mol. The number of hydrogen-bond acceptors (Lipinski definition) is 4. The number of amides is 1. The molecule has 1 aromatic rings. The minimum atomic E-state index is -0.335. The minimum absolute atomic E-state index is 0.0243. The fourth-order valence-electron chi connectivity index (χ4n) is 2.56. The summed E-state index contributed by atoms with van der Waals surface area (Å²) in [7, 11) is 0. The highest BCUT2D eigenvalue weighted by molar-refractivity contribution is 5.99. The van der Waals surface area contributed by atoms with Crippen LogP contribution in [0.5, 0.6) is 0 Å². The average molecular weight is 290 g/mol. The molecule has 2 unspecified atom stereocenters. The molecular weight excluding hydrogens is 268 g/mol. The van der Waals surface area contributed by atoms with Crippen LogP contribution in [0.15, 0.2) is 30.3 Å². The topological polar surface area (TPSA) is 69.6 Å². The first-order valence-electron chi connectivity index (χ1n) is 7.31. The first-order valence-corrected chi connectivity index (χ1v) is 7.31. The van der Waals surface area contributed by atoms with Gasteiger partial charge in [-0.3, -0.25) is 14.5 Å². The Morgan fingerprint density at radius 1 is 1.38 bits per heavy atom. The number of rotatable bonds is 6. The summed E-state index contributed by atoms with van der Waals surface area (Å²) in [6, 6.07) is 8.93. The molecule has 1 aliphatic rings. The van der Waals surface area contributed by atoms with E-state index in [4.69, 9.17) is 0 Å². The highest BCUT2D eigenvalue weighted by atomic mass is 16.3. The van der Waals surface area contributed by atoms with Gasteiger partial charge in [0.25, 0.3) is 0 Å². The van der Waals surface area contributed by atoms with E-state index in [0.717, 1.165) is 19.5 Å². The second-order valence-corrected chi connectivity index (χ2v) is 5.59. The summed E-state index contributed by atoms with van der Waals surface area (Å²) in [6.07, 6.45) is 0.575. The minimum Gasteiger partial charge on any atom is -0.393 e. The smallest absolute Gasteiger partial charge is 0.234 e. The Balaban J connectivity index is 1.72. The van der Waals surface area contributed by atoms with Gasteiger partial charge in [-0.05, 0) is 25.8 Å². The van der Waals surface area contributed by atoms with Crippen LogP contribution in [-0.4, -0.2) is 54.0 Å². The number of carbonyl (C=O) groups excluding carboxylic acids is 2. The molecule has 2 atom stereocenters. The Morgan fingerprint density at radius 2 is 2.10 bits per heavy atom. The van der Waals surface area contributed by atoms with E-state index < -0.39 is 0 Å². The molecule has 1 amide bonds. The van der Waals surface area contributed by atoms with Gasteiger partial charge in [-0.15, -0.1) is 0 Å². The second kappa shape index (κ2) is 7.33. The van der Waals surface area contributed by atoms with Crippen LogP contribution < -0.4 is 5.32 Å². The van der Waals surface area contributed by atoms with Crippen LogP contribution in [0.25, 0.3) is 0 Å². The lowest BCUT2D eigenvalue weighted by molar-refractivity contribution is -0.121. The predicted octanol–water partition coefficient (Wildman–Crippen LogP) is 0.688. The van der Waals surface area contributed by atoms with Crippen LogP contribution in [0.3, 0.4) is 0 Å². The highest BCUT2D eigenvalue weighted by Crippen LogP contribution is 2.18. The lowest BCUT2D eigenvalue weighted by Gasteiger charge is -2.16. The van der Waals surface area contributed by atoms with Crippen LogP contribution >= 0.6 is 0 Å². The molecule has 1 aromatic carbocycles. The lowest BCUT2D eigenvalue weighted by Crippen LogP contribution is -2.38. The maximum Gasteiger partial charge on any atom is 0.234 e. The Bertz CT molecular complexity index is 488. The Hall–Kier alpha value is -1.72. The van der Waals surface area contributed by atoms with Crippen molar-refractivity contribution >= 4 is 11.7 Å². The van der Waals surface area contributed by atoms with Gasteiger partial charge in [-0.2, -0.15) is 0 Å². The molecule has 0 aliphatic carbocycles. The molecule has 5 nitrogen and oxygen atoms in total. The van der Waals surface area contributed by atoms with Gasteiger partial charge >= 0.3 is 0 Å². The van der Waals surface area contributed by atoms with Gasteiger partial charge in [0.15, 0.2) is 5.78 Å². The fourth-order valence-corrected chi connectivity index (χ4v) is 2.56. The number of nitrogens with one attached hydrogen (secondary N) is 1. The summed E-state index contributed by atoms with van der Waals surface area (Å²) in [5.74, 6) is 0.00139. The average Bonchev–Trinajstić information content (AvgIpc) is 2.94. The van der Waals surface area contributed by atoms with Gasteiger partial charge in [-0.25, -0.2) is 0 Å². The number of hydrogen-bond donors (Lipinski definition) is 2. The summed E-state index contributed by atoms with van der Waals surface area (Å²) in [4.78, 5) is 25.7. The van der Waals surface area contributed by atoms with Crippen molar-refractivity contribution in [2.24, 2.45) is 5.92 Å². The number of Topliss-reactive ketones (excluding diaryl/α,β-unsaturated/α-hetero) is 1. The van der Waals surface area contributed by atoms with Gasteiger partial charge in [0.2, 0.25) is 5.91 Å². The molecule has 0 saturated carbocycles. The third-order valence-corrected chi connectivity index (χ3v) is 3.90. The van der Waals surface area contributed by atoms with Crippen molar-refractivity contribution in [1.29, 1.82) is 0 Å². The molecule has 1 fully saturated rings. The van der Waals surface area contributed by atoms with Gasteiger partial charge in [0.05, 0.1) is 19.2 Å². The zero-order chi connectivity index (χ0) is 15.2. The molecule has 114 valence electrons. The highest BCUT2D eigenvalue weighted by Gasteiger charge is 2.27. The molecule has 21 heavy (non-hydrogen) atoms. The van der Waals surface area contributed by atoms with E-state index in [2.05, 4.69) is 5.32 Å². The van der Waals surface area contributed by atoms with E-state index in [1.807, 2.05) is 11.0 Å². The van der Waals surface area contributed by atoms with E-state index in [-0.39, 0.29) is 36.8 Å². The lowest BCUT2D eigenvalue weighted by atomic mass is 10.0. The molecule has 1 aliphatic heterocycles. The van der Waals surface area contributed by atoms with Crippen LogP contribution in [0, 0.1) is 5.92 Å². The summed E-state index contributed by atoms with van der Waals surface area (Å²) >= 11 is 0. The summed E-state index contributed by atoms with van der Waals surface area (Å²) in [6.45, 7) is 3.64. The summed E-state index contributed by atoms with van der Waals surface area (Å²) in [5, 5.41) is 12.2. The molecule has 2 rings (SSSR count). The Morgan fingerprint density at radius 3 is 2.71 bits per heavy atom. The van der Waals surface area contributed by atoms with Gasteiger partial charge < -0.3 is 10.4 Å². The third kappa shape index (κ3) is 4.65. The van der Waals surface area contributed by atoms with Crippen LogP contribution in [0.4, 0.5) is 0 Å². The van der Waals surface area contributed by atoms with Crippen LogP contribution in [-0.2, 0) is 4.79 Å². The molecule has 0 spiro atoms. The van der Waals surface area contributed by atoms with Crippen molar-refractivity contribution in [3.05, 3.63) is 35.9 Å². The summed E-state index contributed by atoms with van der Waals surface area (Å²) in [5.41, 5.74) is 0.605. The first kappa shape index (κ1) is 15.7. The van der Waals surface area contributed by atoms with Crippen molar-refractivity contribution in [3.8, 4) is 0 Å². The van der Waals surface area contributed by atoms with Crippen molar-refractivity contribution in [3.63, 3.8) is 0 Å². The van der Waals surface area contributed by atoms with E-state index in [1.54, 1.807) is 31.2 Å². The number of nitrogens with zero attached hydrogens (tertiary/aromatic N) is 1. The maximum atomic E-state index is 11.9. The zero-order valence-corrected chi connectivity index (χ0v) is 12.3. The zero-order valence-electron chi connectivity index (χ0n) is 12.3. The van der Waals surface area contributed by atoms with Crippen LogP contribution in [0.2, 0.25) is 0 Å². The van der Waals surface area contributed by atoms with Gasteiger partial charge in [0.1, 0.15) is 0 Å². The van der Waals surface area contributed by atoms with Crippen molar-refractivity contribution < 1.29 is 14.7 Å². The molecule has 0 bridgehead atoms. The first-order chi connectivity index (χ1) is 10.1. The molecule has 0 aromatic heterocycles. The molecule has 0 radical (unpaired) electrons. The molecule has 2 N–H and O–H groups in total. The Kier molecular flexibility index (Phi) is 5.47. The maximum absolute atomic E-state index is 11.9. The van der Waals surface area contributed by atoms with Gasteiger partial charge in [0, 0.05) is 12.1 Å². The fraction of sp³-hybridized carbons (Fsp3) is 0.500. The second-order valence-electron chi connectivity index (χ2n) is 5.59. The molecule has 1 heterocycles. The van der Waals surface area contributed by atoms with Crippen molar-refractivity contribution in [2.75, 3.05) is 26.2 Å². The van der Waals surface area contributed by atoms with E-state index in [9.17, 15) is 14.7 Å². The van der Waals surface area contributed by atoms with Crippen molar-refractivity contribution in [1.82, 2.24) is 10.2 Å². The van der Waals surface area contributed by atoms with Crippen molar-refractivity contribution in [2.45, 2.75) is 19.4 Å². The standard InChI is InChI=1S/C16H22N2O3/c1-12(19)14-7-8-18(10-14)11-16(21)17-9-15(20)13-5-3-2-4-6-13/h2-6,12,14,19H,7-11H2,1H3,(H,17,21). The van der Waals surface area contributed by atoms with E-state index in [0.29, 0.717) is 5.56 Å². The monoisotopic (exact) mass is 290 g/mol. The normalized spacial score (nSPS) is 20.2. The third-order valence-electron chi connectivity index (χ3n) is 3.90. The SMILES string of the molecule is CC(O)C1CCN(CC(=O)NCC(=O)c2ccccc2)C1. The van der Waals surface area contributed by atoms with E-state index >= 15 is 0 Å². The van der Waals surface area contributed by atoms with Gasteiger partial charge in [-0.1, -0.05) is 30.3 Å². The number of benzene rings is 1. The quantitative estimate of drug-likeness (QED) is 0.756. The number of aliphatic hydroxyl groups excluding tert-OH is 1. The number of carbonyl (C=O) groups is 2. The molecule has 1 saturated heterocycles. The number of ketones is 1. The Labute approximate surface area is 125 Å².